The molecule has 0 aromatic carbocycles. The third-order valence-electron chi connectivity index (χ3n) is 6.10. The summed E-state index contributed by atoms with van der Waals surface area (Å²) in [6.45, 7) is -1.63. The molecule has 0 spiro atoms. The molecule has 4 aromatic heterocycles. The number of rotatable bonds is 6. The molecule has 1 atom stereocenters. The molecule has 0 radical (unpaired) electrons. The Bertz CT molecular complexity index is 1480. The first-order valence-corrected chi connectivity index (χ1v) is 10.9. The number of pyridine rings is 1. The van der Waals surface area contributed by atoms with Crippen LogP contribution in [-0.2, 0) is 6.54 Å². The van der Waals surface area contributed by atoms with Crippen LogP contribution in [0.4, 0.5) is 29.3 Å². The third-order valence-corrected chi connectivity index (χ3v) is 6.10. The van der Waals surface area contributed by atoms with Crippen LogP contribution in [-0.4, -0.2) is 79.5 Å². The molecule has 13 heteroatoms. The average molecular weight is 495 g/mol. The Balaban J connectivity index is 1.59. The highest BCUT2D eigenvalue weighted by molar-refractivity contribution is 5.89. The normalized spacial score (nSPS) is 20.2. The van der Waals surface area contributed by atoms with Gasteiger partial charge in [0.25, 0.3) is 12.3 Å². The first-order chi connectivity index (χ1) is 17.8. The molecule has 0 aliphatic carbocycles. The van der Waals surface area contributed by atoms with Gasteiger partial charge in [-0.3, -0.25) is 0 Å². The summed E-state index contributed by atoms with van der Waals surface area (Å²) in [5.41, 5.74) is 1.66. The number of fused-ring (bicyclic) bond motifs is 2. The van der Waals surface area contributed by atoms with Crippen molar-refractivity contribution >= 4 is 28.4 Å². The van der Waals surface area contributed by atoms with Gasteiger partial charge in [0, 0.05) is 29.4 Å². The lowest BCUT2D eigenvalue weighted by Gasteiger charge is -2.36. The fourth-order valence-corrected chi connectivity index (χ4v) is 4.44. The Kier molecular flexibility index (Phi) is 4.88. The molecule has 1 saturated heterocycles. The van der Waals surface area contributed by atoms with Crippen molar-refractivity contribution in [2.45, 2.75) is 38.3 Å². The standard InChI is InChI=1S/C22H25F4N9/c1-12-28-15-5-4-14(29-20(15)34(12)10-17(23)24)13-6-9-35-18(13)19(27-2)31-21(32-35)30-16-7-8-33(3)11-22(16,25)26/h4-6,9,16-17H,7-8,10-11H2,1-3H3,(H2,27,30,31,32)/t16-/m1/s1/i2D3. The zero-order valence-corrected chi connectivity index (χ0v) is 18.9. The fourth-order valence-electron chi connectivity index (χ4n) is 4.44. The van der Waals surface area contributed by atoms with Crippen LogP contribution in [0, 0.1) is 6.92 Å². The molecule has 5 rings (SSSR count). The Morgan fingerprint density at radius 3 is 2.80 bits per heavy atom. The van der Waals surface area contributed by atoms with Crippen LogP contribution >= 0.6 is 0 Å². The van der Waals surface area contributed by atoms with Crippen LogP contribution in [0.1, 0.15) is 16.4 Å². The van der Waals surface area contributed by atoms with Gasteiger partial charge in [0.15, 0.2) is 11.5 Å². The van der Waals surface area contributed by atoms with Crippen LogP contribution in [0.5, 0.6) is 0 Å². The summed E-state index contributed by atoms with van der Waals surface area (Å²) >= 11 is 0. The van der Waals surface area contributed by atoms with Crippen LogP contribution in [0.15, 0.2) is 24.4 Å². The lowest BCUT2D eigenvalue weighted by Crippen LogP contribution is -2.53. The minimum absolute atomic E-state index is 0.127. The van der Waals surface area contributed by atoms with Crippen molar-refractivity contribution < 1.29 is 21.7 Å². The molecular formula is C22H25F4N9. The predicted molar refractivity (Wildman–Crippen MR) is 124 cm³/mol. The van der Waals surface area contributed by atoms with Gasteiger partial charge in [0.2, 0.25) is 5.95 Å². The van der Waals surface area contributed by atoms with Gasteiger partial charge in [0.05, 0.1) is 24.8 Å². The van der Waals surface area contributed by atoms with E-state index in [-0.39, 0.29) is 29.4 Å². The molecule has 1 aliphatic heterocycles. The topological polar surface area (TPSA) is 88.2 Å². The lowest BCUT2D eigenvalue weighted by atomic mass is 10.0. The monoisotopic (exact) mass is 494 g/mol. The number of anilines is 2. The number of nitrogens with zero attached hydrogens (tertiary/aromatic N) is 7. The van der Waals surface area contributed by atoms with Crippen molar-refractivity contribution in [1.29, 1.82) is 0 Å². The molecule has 9 nitrogen and oxygen atoms in total. The maximum Gasteiger partial charge on any atom is 0.280 e. The van der Waals surface area contributed by atoms with E-state index in [0.29, 0.717) is 29.1 Å². The summed E-state index contributed by atoms with van der Waals surface area (Å²) in [6, 6.07) is 3.62. The molecule has 0 saturated carbocycles. The van der Waals surface area contributed by atoms with E-state index in [9.17, 15) is 17.6 Å². The maximum atomic E-state index is 14.6. The van der Waals surface area contributed by atoms with Gasteiger partial charge in [-0.05, 0) is 38.6 Å². The van der Waals surface area contributed by atoms with Crippen molar-refractivity contribution in [1.82, 2.24) is 34.0 Å². The van der Waals surface area contributed by atoms with Gasteiger partial charge in [0.1, 0.15) is 16.9 Å². The SMILES string of the molecule is [2H]C([2H])([2H])Nc1nc(N[C@@H]2CCN(C)CC2(F)F)nn2ccc(-c3ccc4nc(C)n(CC(F)F)c4n3)c12. The van der Waals surface area contributed by atoms with Crippen molar-refractivity contribution in [3.8, 4) is 11.3 Å². The van der Waals surface area contributed by atoms with Gasteiger partial charge >= 0.3 is 0 Å². The van der Waals surface area contributed by atoms with Crippen LogP contribution in [0.2, 0.25) is 0 Å². The maximum absolute atomic E-state index is 14.6. The summed E-state index contributed by atoms with van der Waals surface area (Å²) in [6.07, 6.45) is -0.958. The Hall–Kier alpha value is -3.48. The summed E-state index contributed by atoms with van der Waals surface area (Å²) in [4.78, 5) is 14.6. The quantitative estimate of drug-likeness (QED) is 0.397. The number of aryl methyl sites for hydroxylation is 1. The molecule has 4 aromatic rings. The van der Waals surface area contributed by atoms with Gasteiger partial charge in [-0.15, -0.1) is 5.10 Å². The molecule has 1 fully saturated rings. The summed E-state index contributed by atoms with van der Waals surface area (Å²) in [5.74, 6) is -2.97. The van der Waals surface area contributed by atoms with E-state index in [1.165, 1.54) is 20.2 Å². The minimum Gasteiger partial charge on any atom is -0.371 e. The Labute approximate surface area is 202 Å². The van der Waals surface area contributed by atoms with Crippen LogP contribution in [0.25, 0.3) is 27.9 Å². The molecule has 35 heavy (non-hydrogen) atoms. The first-order valence-electron chi connectivity index (χ1n) is 12.4. The van der Waals surface area contributed by atoms with Gasteiger partial charge < -0.3 is 20.1 Å². The minimum atomic E-state index is -3.05. The second-order valence-corrected chi connectivity index (χ2v) is 8.62. The highest BCUT2D eigenvalue weighted by Gasteiger charge is 2.44. The molecule has 0 amide bonds. The smallest absolute Gasteiger partial charge is 0.280 e. The van der Waals surface area contributed by atoms with E-state index in [1.54, 1.807) is 32.2 Å². The number of alkyl halides is 4. The van der Waals surface area contributed by atoms with E-state index < -0.39 is 38.5 Å². The lowest BCUT2D eigenvalue weighted by molar-refractivity contribution is -0.0675. The van der Waals surface area contributed by atoms with Crippen molar-refractivity contribution in [3.05, 3.63) is 30.2 Å². The second-order valence-electron chi connectivity index (χ2n) is 8.62. The fraction of sp³-hybridized carbons (Fsp3) is 0.455. The second kappa shape index (κ2) is 8.63. The largest absolute Gasteiger partial charge is 0.371 e. The summed E-state index contributed by atoms with van der Waals surface area (Å²) in [7, 11) is 1.61. The van der Waals surface area contributed by atoms with Crippen molar-refractivity contribution in [2.24, 2.45) is 0 Å². The van der Waals surface area contributed by atoms with Crippen LogP contribution < -0.4 is 10.6 Å². The zero-order chi connectivity index (χ0) is 27.4. The predicted octanol–water partition coefficient (Wildman–Crippen LogP) is 3.51. The number of imidazole rings is 1. The number of nitrogens with one attached hydrogen (secondary N) is 2. The number of hydrogen-bond acceptors (Lipinski definition) is 7. The molecule has 2 N–H and O–H groups in total. The highest BCUT2D eigenvalue weighted by atomic mass is 19.3. The van der Waals surface area contributed by atoms with E-state index in [2.05, 4.69) is 30.7 Å². The first kappa shape index (κ1) is 19.8. The van der Waals surface area contributed by atoms with Gasteiger partial charge in [-0.1, -0.05) is 0 Å². The highest BCUT2D eigenvalue weighted by Crippen LogP contribution is 2.32. The molecule has 0 unspecified atom stereocenters. The number of halogens is 4. The Morgan fingerprint density at radius 2 is 2.06 bits per heavy atom. The number of hydrogen-bond donors (Lipinski definition) is 2. The van der Waals surface area contributed by atoms with Crippen molar-refractivity contribution in [2.75, 3.05) is 37.7 Å². The Morgan fingerprint density at radius 1 is 1.23 bits per heavy atom. The molecule has 5 heterocycles. The van der Waals surface area contributed by atoms with Gasteiger partial charge in [-0.2, -0.15) is 4.98 Å². The summed E-state index contributed by atoms with van der Waals surface area (Å²) in [5, 5.41) is 9.32. The number of piperidine rings is 1. The van der Waals surface area contributed by atoms with E-state index in [1.807, 2.05) is 0 Å². The third kappa shape index (κ3) is 4.24. The van der Waals surface area contributed by atoms with E-state index in [0.717, 1.165) is 0 Å². The summed E-state index contributed by atoms with van der Waals surface area (Å²) < 4.78 is 81.3. The molecule has 0 bridgehead atoms. The van der Waals surface area contributed by atoms with Crippen molar-refractivity contribution in [3.63, 3.8) is 0 Å². The van der Waals surface area contributed by atoms with E-state index in [4.69, 9.17) is 4.11 Å². The zero-order valence-electron chi connectivity index (χ0n) is 21.9. The average Bonchev–Trinajstić information content (AvgIpc) is 3.35. The number of likely N-dealkylation sites (tertiary alicyclic amines) is 1. The van der Waals surface area contributed by atoms with Gasteiger partial charge in [-0.25, -0.2) is 32.0 Å². The molecule has 186 valence electrons. The van der Waals surface area contributed by atoms with Crippen LogP contribution in [0.3, 0.4) is 0 Å². The molecule has 1 aliphatic rings. The number of aromatic nitrogens is 6. The molecular weight excluding hydrogens is 466 g/mol. The van der Waals surface area contributed by atoms with E-state index >= 15 is 0 Å².